The fourth-order valence-corrected chi connectivity index (χ4v) is 3.15. The summed E-state index contributed by atoms with van der Waals surface area (Å²) in [5.74, 6) is -0.580. The van der Waals surface area contributed by atoms with Crippen molar-refractivity contribution in [3.63, 3.8) is 0 Å². The first-order valence-corrected chi connectivity index (χ1v) is 7.95. The standard InChI is InChI=1S/C15H20N2O4S/c1-16(7-8-18)13-12(11-5-3-10-22-11)14(19)17(15(13)20)6-4-9-21-2/h3,5,10,18H,4,6-9H2,1-2H3. The smallest absolute Gasteiger partial charge is 0.277 e. The van der Waals surface area contributed by atoms with Gasteiger partial charge in [-0.1, -0.05) is 6.07 Å². The van der Waals surface area contributed by atoms with Gasteiger partial charge in [0.2, 0.25) is 0 Å². The van der Waals surface area contributed by atoms with Crippen LogP contribution in [-0.4, -0.2) is 67.2 Å². The van der Waals surface area contributed by atoms with Gasteiger partial charge in [0.15, 0.2) is 0 Å². The van der Waals surface area contributed by atoms with Crippen LogP contribution in [0.4, 0.5) is 0 Å². The van der Waals surface area contributed by atoms with Gasteiger partial charge >= 0.3 is 0 Å². The second-order valence-electron chi connectivity index (χ2n) is 4.95. The van der Waals surface area contributed by atoms with Crippen molar-refractivity contribution < 1.29 is 19.4 Å². The molecule has 0 spiro atoms. The largest absolute Gasteiger partial charge is 0.395 e. The molecule has 1 N–H and O–H groups in total. The van der Waals surface area contributed by atoms with Crippen molar-refractivity contribution in [3.05, 3.63) is 28.1 Å². The van der Waals surface area contributed by atoms with Gasteiger partial charge in [0, 0.05) is 38.7 Å². The van der Waals surface area contributed by atoms with E-state index in [2.05, 4.69) is 0 Å². The number of methoxy groups -OCH3 is 1. The Morgan fingerprint density at radius 3 is 2.73 bits per heavy atom. The van der Waals surface area contributed by atoms with Gasteiger partial charge in [-0.15, -0.1) is 11.3 Å². The number of imide groups is 1. The highest BCUT2D eigenvalue weighted by Crippen LogP contribution is 2.33. The lowest BCUT2D eigenvalue weighted by Gasteiger charge is -2.20. The Morgan fingerprint density at radius 1 is 1.36 bits per heavy atom. The predicted octanol–water partition coefficient (Wildman–Crippen LogP) is 0.789. The van der Waals surface area contributed by atoms with Crippen molar-refractivity contribution in [1.29, 1.82) is 0 Å². The molecule has 1 aliphatic rings. The number of hydrogen-bond donors (Lipinski definition) is 1. The second-order valence-corrected chi connectivity index (χ2v) is 5.90. The van der Waals surface area contributed by atoms with E-state index in [9.17, 15) is 9.59 Å². The Kier molecular flexibility index (Phi) is 5.70. The van der Waals surface area contributed by atoms with Crippen molar-refractivity contribution in [2.24, 2.45) is 0 Å². The lowest BCUT2D eigenvalue weighted by Crippen LogP contribution is -2.35. The van der Waals surface area contributed by atoms with Crippen LogP contribution in [0.3, 0.4) is 0 Å². The fraction of sp³-hybridized carbons (Fsp3) is 0.467. The predicted molar refractivity (Wildman–Crippen MR) is 84.2 cm³/mol. The van der Waals surface area contributed by atoms with Crippen LogP contribution in [0.15, 0.2) is 23.2 Å². The van der Waals surface area contributed by atoms with E-state index in [-0.39, 0.29) is 18.4 Å². The lowest BCUT2D eigenvalue weighted by atomic mass is 10.2. The summed E-state index contributed by atoms with van der Waals surface area (Å²) in [4.78, 5) is 28.9. The van der Waals surface area contributed by atoms with Crippen molar-refractivity contribution in [2.75, 3.05) is 40.5 Å². The van der Waals surface area contributed by atoms with Crippen LogP contribution >= 0.6 is 11.3 Å². The number of likely N-dealkylation sites (N-methyl/N-ethyl adjacent to an activating group) is 1. The third kappa shape index (κ3) is 3.21. The molecule has 7 heteroatoms. The molecule has 0 saturated carbocycles. The summed E-state index contributed by atoms with van der Waals surface area (Å²) in [5.41, 5.74) is 0.785. The third-order valence-corrected chi connectivity index (χ3v) is 4.35. The van der Waals surface area contributed by atoms with Gasteiger partial charge in [0.25, 0.3) is 11.8 Å². The molecule has 0 bridgehead atoms. The van der Waals surface area contributed by atoms with E-state index in [0.717, 1.165) is 4.88 Å². The first-order valence-electron chi connectivity index (χ1n) is 7.07. The van der Waals surface area contributed by atoms with Crippen LogP contribution < -0.4 is 0 Å². The Hall–Kier alpha value is -1.70. The average molecular weight is 324 g/mol. The minimum Gasteiger partial charge on any atom is -0.395 e. The minimum atomic E-state index is -0.305. The van der Waals surface area contributed by atoms with E-state index in [1.807, 2.05) is 17.5 Å². The van der Waals surface area contributed by atoms with Crippen LogP contribution in [0.5, 0.6) is 0 Å². The number of aliphatic hydroxyl groups excluding tert-OH is 1. The van der Waals surface area contributed by atoms with Crippen molar-refractivity contribution in [2.45, 2.75) is 6.42 Å². The van der Waals surface area contributed by atoms with Crippen molar-refractivity contribution in [1.82, 2.24) is 9.80 Å². The van der Waals surface area contributed by atoms with E-state index >= 15 is 0 Å². The molecule has 1 aromatic rings. The normalized spacial score (nSPS) is 15.1. The molecule has 22 heavy (non-hydrogen) atoms. The van der Waals surface area contributed by atoms with Crippen LogP contribution in [-0.2, 0) is 14.3 Å². The molecular weight excluding hydrogens is 304 g/mol. The van der Waals surface area contributed by atoms with E-state index in [0.29, 0.717) is 37.4 Å². The van der Waals surface area contributed by atoms with Gasteiger partial charge in [-0.25, -0.2) is 0 Å². The van der Waals surface area contributed by atoms with Gasteiger partial charge in [0.1, 0.15) is 5.70 Å². The summed E-state index contributed by atoms with van der Waals surface area (Å²) in [6.07, 6.45) is 0.600. The number of thiophene rings is 1. The number of ether oxygens (including phenoxy) is 1. The number of carbonyl (C=O) groups is 2. The van der Waals surface area contributed by atoms with Crippen LogP contribution in [0, 0.1) is 0 Å². The first-order chi connectivity index (χ1) is 10.6. The number of amides is 2. The SMILES string of the molecule is COCCCN1C(=O)C(c2cccs2)=C(N(C)CCO)C1=O. The second kappa shape index (κ2) is 7.53. The number of carbonyl (C=O) groups excluding carboxylic acids is 2. The average Bonchev–Trinajstić information content (AvgIpc) is 3.08. The molecule has 2 heterocycles. The topological polar surface area (TPSA) is 70.1 Å². The Labute approximate surface area is 133 Å². The van der Waals surface area contributed by atoms with E-state index in [1.165, 1.54) is 16.2 Å². The molecule has 1 aromatic heterocycles. The summed E-state index contributed by atoms with van der Waals surface area (Å²) in [6.45, 7) is 1.04. The molecule has 1 aliphatic heterocycles. The zero-order valence-corrected chi connectivity index (χ0v) is 13.6. The molecule has 0 fully saturated rings. The van der Waals surface area contributed by atoms with Gasteiger partial charge in [-0.3, -0.25) is 14.5 Å². The van der Waals surface area contributed by atoms with Crippen LogP contribution in [0.2, 0.25) is 0 Å². The van der Waals surface area contributed by atoms with Crippen molar-refractivity contribution in [3.8, 4) is 0 Å². The molecule has 0 atom stereocenters. The molecule has 0 unspecified atom stereocenters. The summed E-state index contributed by atoms with van der Waals surface area (Å²) < 4.78 is 4.98. The highest BCUT2D eigenvalue weighted by Gasteiger charge is 2.40. The summed E-state index contributed by atoms with van der Waals surface area (Å²) in [6, 6.07) is 3.68. The Morgan fingerprint density at radius 2 is 2.14 bits per heavy atom. The summed E-state index contributed by atoms with van der Waals surface area (Å²) in [5, 5.41) is 11.0. The first kappa shape index (κ1) is 16.7. The highest BCUT2D eigenvalue weighted by molar-refractivity contribution is 7.11. The number of hydrogen-bond acceptors (Lipinski definition) is 6. The molecular formula is C15H20N2O4S. The van der Waals surface area contributed by atoms with E-state index < -0.39 is 0 Å². The molecule has 2 rings (SSSR count). The van der Waals surface area contributed by atoms with Gasteiger partial charge < -0.3 is 14.7 Å². The molecule has 0 aromatic carbocycles. The Balaban J connectivity index is 2.33. The molecule has 2 amide bonds. The quantitative estimate of drug-likeness (QED) is 0.565. The van der Waals surface area contributed by atoms with Crippen LogP contribution in [0.25, 0.3) is 5.57 Å². The zero-order valence-electron chi connectivity index (χ0n) is 12.7. The molecule has 120 valence electrons. The number of rotatable bonds is 8. The number of aliphatic hydroxyl groups is 1. The summed E-state index contributed by atoms with van der Waals surface area (Å²) in [7, 11) is 3.30. The third-order valence-electron chi connectivity index (χ3n) is 3.46. The highest BCUT2D eigenvalue weighted by atomic mass is 32.1. The minimum absolute atomic E-state index is 0.0805. The van der Waals surface area contributed by atoms with Crippen LogP contribution in [0.1, 0.15) is 11.3 Å². The van der Waals surface area contributed by atoms with Gasteiger partial charge in [-0.2, -0.15) is 0 Å². The Bertz CT molecular complexity index is 568. The van der Waals surface area contributed by atoms with E-state index in [1.54, 1.807) is 19.1 Å². The maximum absolute atomic E-state index is 12.7. The van der Waals surface area contributed by atoms with Gasteiger partial charge in [-0.05, 0) is 17.9 Å². The zero-order chi connectivity index (χ0) is 16.1. The maximum Gasteiger partial charge on any atom is 0.277 e. The molecule has 0 saturated heterocycles. The molecule has 6 nitrogen and oxygen atoms in total. The van der Waals surface area contributed by atoms with E-state index in [4.69, 9.17) is 9.84 Å². The summed E-state index contributed by atoms with van der Waals surface area (Å²) >= 11 is 1.42. The van der Waals surface area contributed by atoms with Gasteiger partial charge in [0.05, 0.1) is 12.2 Å². The van der Waals surface area contributed by atoms with Crippen molar-refractivity contribution >= 4 is 28.7 Å². The lowest BCUT2D eigenvalue weighted by molar-refractivity contribution is -0.137. The monoisotopic (exact) mass is 324 g/mol. The molecule has 0 radical (unpaired) electrons. The fourth-order valence-electron chi connectivity index (χ4n) is 2.39. The maximum atomic E-state index is 12.7. The molecule has 0 aliphatic carbocycles. The number of nitrogens with zero attached hydrogens (tertiary/aromatic N) is 2.